The van der Waals surface area contributed by atoms with E-state index < -0.39 is 15.8 Å². The van der Waals surface area contributed by atoms with Crippen molar-refractivity contribution >= 4 is 27.5 Å². The summed E-state index contributed by atoms with van der Waals surface area (Å²) in [6, 6.07) is 19.1. The Morgan fingerprint density at radius 3 is 2.47 bits per heavy atom. The number of rotatable bonds is 8. The van der Waals surface area contributed by atoms with Gasteiger partial charge in [0.2, 0.25) is 10.0 Å². The molecule has 174 valence electrons. The number of aromatic nitrogens is 2. The van der Waals surface area contributed by atoms with Gasteiger partial charge >= 0.3 is 0 Å². The Bertz CT molecular complexity index is 1440. The van der Waals surface area contributed by atoms with E-state index in [0.717, 1.165) is 0 Å². The fourth-order valence-electron chi connectivity index (χ4n) is 3.22. The topological polar surface area (TPSA) is 93.1 Å². The van der Waals surface area contributed by atoms with Crippen molar-refractivity contribution in [3.63, 3.8) is 0 Å². The van der Waals surface area contributed by atoms with E-state index >= 15 is 0 Å². The summed E-state index contributed by atoms with van der Waals surface area (Å²) in [6.45, 7) is 0.0693. The summed E-state index contributed by atoms with van der Waals surface area (Å²) in [5.41, 5.74) is 2.08. The molecule has 4 aromatic rings. The zero-order valence-corrected chi connectivity index (χ0v) is 19.4. The van der Waals surface area contributed by atoms with Crippen LogP contribution in [0.15, 0.2) is 90.1 Å². The lowest BCUT2D eigenvalue weighted by Gasteiger charge is -2.09. The van der Waals surface area contributed by atoms with Crippen LogP contribution in [0.3, 0.4) is 0 Å². The number of hydrogen-bond acceptors (Lipinski definition) is 4. The standard InChI is InChI=1S/C24H20ClFN4O3S/c25-22-9-1-2-10-23(22)30-16-19(15-28-30)24(31)27-13-18-6-4-8-21(12-18)34(32,33)29-14-17-5-3-7-20(26)11-17/h1-12,15-16,29H,13-14H2,(H,27,31). The van der Waals surface area contributed by atoms with Gasteiger partial charge in [-0.25, -0.2) is 22.2 Å². The maximum Gasteiger partial charge on any atom is 0.254 e. The van der Waals surface area contributed by atoms with Crippen molar-refractivity contribution in [3.05, 3.63) is 113 Å². The minimum atomic E-state index is -3.83. The number of halogens is 2. The average molecular weight is 499 g/mol. The molecule has 1 amide bonds. The van der Waals surface area contributed by atoms with Crippen LogP contribution in [0, 0.1) is 5.82 Å². The molecule has 1 aromatic heterocycles. The summed E-state index contributed by atoms with van der Waals surface area (Å²) >= 11 is 6.17. The monoisotopic (exact) mass is 498 g/mol. The Hall–Kier alpha value is -3.53. The number of hydrogen-bond donors (Lipinski definition) is 2. The highest BCUT2D eigenvalue weighted by atomic mass is 35.5. The molecule has 0 unspecified atom stereocenters. The molecular weight excluding hydrogens is 479 g/mol. The molecule has 0 saturated carbocycles. The second kappa shape index (κ2) is 10.2. The molecule has 1 heterocycles. The third kappa shape index (κ3) is 5.69. The number of nitrogens with one attached hydrogen (secondary N) is 2. The first-order valence-electron chi connectivity index (χ1n) is 10.2. The average Bonchev–Trinajstić information content (AvgIpc) is 3.32. The summed E-state index contributed by atoms with van der Waals surface area (Å²) in [4.78, 5) is 12.6. The van der Waals surface area contributed by atoms with E-state index in [0.29, 0.717) is 27.4 Å². The highest BCUT2D eigenvalue weighted by molar-refractivity contribution is 7.89. The molecule has 0 saturated heterocycles. The van der Waals surface area contributed by atoms with Gasteiger partial charge in [-0.3, -0.25) is 4.79 Å². The molecule has 0 aliphatic carbocycles. The lowest BCUT2D eigenvalue weighted by Crippen LogP contribution is -2.24. The third-order valence-corrected chi connectivity index (χ3v) is 6.68. The summed E-state index contributed by atoms with van der Waals surface area (Å²) < 4.78 is 42.6. The van der Waals surface area contributed by atoms with Crippen LogP contribution in [0.1, 0.15) is 21.5 Å². The number of benzene rings is 3. The van der Waals surface area contributed by atoms with Crippen molar-refractivity contribution in [2.45, 2.75) is 18.0 Å². The van der Waals surface area contributed by atoms with Crippen LogP contribution in [0.2, 0.25) is 5.02 Å². The first-order valence-corrected chi connectivity index (χ1v) is 12.1. The van der Waals surface area contributed by atoms with Gasteiger partial charge in [-0.1, -0.05) is 48.0 Å². The fraction of sp³-hybridized carbons (Fsp3) is 0.0833. The Kier molecular flexibility index (Phi) is 7.06. The lowest BCUT2D eigenvalue weighted by atomic mass is 10.2. The number of para-hydroxylation sites is 1. The molecule has 0 aliphatic rings. The number of carbonyl (C=O) groups excluding carboxylic acids is 1. The van der Waals surface area contributed by atoms with Crippen molar-refractivity contribution < 1.29 is 17.6 Å². The zero-order chi connectivity index (χ0) is 24.1. The van der Waals surface area contributed by atoms with E-state index in [1.807, 2.05) is 6.07 Å². The smallest absolute Gasteiger partial charge is 0.254 e. The minimum Gasteiger partial charge on any atom is -0.348 e. The lowest BCUT2D eigenvalue weighted by molar-refractivity contribution is 0.0951. The van der Waals surface area contributed by atoms with Crippen molar-refractivity contribution in [2.75, 3.05) is 0 Å². The molecule has 4 rings (SSSR count). The highest BCUT2D eigenvalue weighted by Gasteiger charge is 2.15. The normalized spacial score (nSPS) is 11.4. The van der Waals surface area contributed by atoms with Gasteiger partial charge in [0.25, 0.3) is 5.91 Å². The van der Waals surface area contributed by atoms with Crippen molar-refractivity contribution in [1.82, 2.24) is 19.8 Å². The molecule has 0 aliphatic heterocycles. The zero-order valence-electron chi connectivity index (χ0n) is 17.8. The van der Waals surface area contributed by atoms with E-state index in [9.17, 15) is 17.6 Å². The van der Waals surface area contributed by atoms with Gasteiger partial charge in [0, 0.05) is 19.3 Å². The maximum atomic E-state index is 13.3. The molecule has 2 N–H and O–H groups in total. The Morgan fingerprint density at radius 2 is 1.71 bits per heavy atom. The van der Waals surface area contributed by atoms with Gasteiger partial charge in [0.1, 0.15) is 5.82 Å². The Balaban J connectivity index is 1.40. The van der Waals surface area contributed by atoms with Gasteiger partial charge in [-0.2, -0.15) is 5.10 Å². The Morgan fingerprint density at radius 1 is 0.971 bits per heavy atom. The van der Waals surface area contributed by atoms with E-state index in [-0.39, 0.29) is 23.9 Å². The molecule has 0 radical (unpaired) electrons. The van der Waals surface area contributed by atoms with E-state index in [2.05, 4.69) is 15.1 Å². The van der Waals surface area contributed by atoms with Crippen LogP contribution in [0.25, 0.3) is 5.69 Å². The van der Waals surface area contributed by atoms with Gasteiger partial charge in [0.05, 0.1) is 27.4 Å². The Labute approximate surface area is 201 Å². The van der Waals surface area contributed by atoms with Crippen molar-refractivity contribution in [3.8, 4) is 5.69 Å². The highest BCUT2D eigenvalue weighted by Crippen LogP contribution is 2.19. The third-order valence-electron chi connectivity index (χ3n) is 4.96. The van der Waals surface area contributed by atoms with Crippen molar-refractivity contribution in [2.24, 2.45) is 0 Å². The fourth-order valence-corrected chi connectivity index (χ4v) is 4.53. The van der Waals surface area contributed by atoms with E-state index in [1.165, 1.54) is 41.2 Å². The summed E-state index contributed by atoms with van der Waals surface area (Å²) in [5.74, 6) is -0.803. The molecule has 34 heavy (non-hydrogen) atoms. The molecule has 10 heteroatoms. The molecule has 3 aromatic carbocycles. The van der Waals surface area contributed by atoms with Crippen LogP contribution in [-0.4, -0.2) is 24.1 Å². The molecule has 0 atom stereocenters. The second-order valence-corrected chi connectivity index (χ2v) is 9.58. The predicted octanol–water partition coefficient (Wildman–Crippen LogP) is 4.07. The largest absolute Gasteiger partial charge is 0.348 e. The van der Waals surface area contributed by atoms with Gasteiger partial charge < -0.3 is 5.32 Å². The molecule has 0 bridgehead atoms. The minimum absolute atomic E-state index is 0.0437. The molecule has 7 nitrogen and oxygen atoms in total. The van der Waals surface area contributed by atoms with Crippen LogP contribution in [0.5, 0.6) is 0 Å². The van der Waals surface area contributed by atoms with Gasteiger partial charge in [0.15, 0.2) is 0 Å². The summed E-state index contributed by atoms with van der Waals surface area (Å²) in [7, 11) is -3.83. The quantitative estimate of drug-likeness (QED) is 0.383. The maximum absolute atomic E-state index is 13.3. The first kappa shape index (κ1) is 23.6. The second-order valence-electron chi connectivity index (χ2n) is 7.41. The molecule has 0 fully saturated rings. The number of sulfonamides is 1. The SMILES string of the molecule is O=C(NCc1cccc(S(=O)(=O)NCc2cccc(F)c2)c1)c1cnn(-c2ccccc2Cl)c1. The summed E-state index contributed by atoms with van der Waals surface area (Å²) in [6.07, 6.45) is 2.99. The van der Waals surface area contributed by atoms with E-state index in [1.54, 1.807) is 42.6 Å². The van der Waals surface area contributed by atoms with Gasteiger partial charge in [-0.15, -0.1) is 0 Å². The van der Waals surface area contributed by atoms with Crippen LogP contribution < -0.4 is 10.0 Å². The number of carbonyl (C=O) groups is 1. The molecular formula is C24H20ClFN4O3S. The predicted molar refractivity (Wildman–Crippen MR) is 127 cm³/mol. The van der Waals surface area contributed by atoms with Gasteiger partial charge in [-0.05, 0) is 47.5 Å². The molecule has 0 spiro atoms. The summed E-state index contributed by atoms with van der Waals surface area (Å²) in [5, 5.41) is 7.44. The number of nitrogens with zero attached hydrogens (tertiary/aromatic N) is 2. The van der Waals surface area contributed by atoms with Crippen LogP contribution in [-0.2, 0) is 23.1 Å². The van der Waals surface area contributed by atoms with E-state index in [4.69, 9.17) is 11.6 Å². The van der Waals surface area contributed by atoms with Crippen LogP contribution in [0.4, 0.5) is 4.39 Å². The first-order chi connectivity index (χ1) is 16.3. The van der Waals surface area contributed by atoms with Crippen molar-refractivity contribution in [1.29, 1.82) is 0 Å². The number of amides is 1. The van der Waals surface area contributed by atoms with Crippen LogP contribution >= 0.6 is 11.6 Å².